The molecule has 1 amide bonds. The van der Waals surface area contributed by atoms with Crippen molar-refractivity contribution in [3.05, 3.63) is 24.3 Å². The van der Waals surface area contributed by atoms with Gasteiger partial charge >= 0.3 is 0 Å². The molecule has 0 fully saturated rings. The van der Waals surface area contributed by atoms with Crippen LogP contribution in [0.25, 0.3) is 0 Å². The van der Waals surface area contributed by atoms with Crippen molar-refractivity contribution in [3.8, 4) is 0 Å². The second-order valence-electron chi connectivity index (χ2n) is 22.1. The highest BCUT2D eigenvalue weighted by atomic mass is 16.3. The molecule has 0 aromatic carbocycles. The van der Waals surface area contributed by atoms with Crippen LogP contribution >= 0.6 is 0 Å². The van der Waals surface area contributed by atoms with Gasteiger partial charge in [-0.1, -0.05) is 321 Å². The first-order valence-corrected chi connectivity index (χ1v) is 31.7. The lowest BCUT2D eigenvalue weighted by molar-refractivity contribution is -0.132. The summed E-state index contributed by atoms with van der Waals surface area (Å²) >= 11 is 0. The molecule has 0 aliphatic heterocycles. The fourth-order valence-electron chi connectivity index (χ4n) is 10.2. The third-order valence-corrected chi connectivity index (χ3v) is 15.1. The van der Waals surface area contributed by atoms with Crippen LogP contribution in [0, 0.1) is 0 Å². The van der Waals surface area contributed by atoms with Gasteiger partial charge in [-0.25, -0.2) is 0 Å². The number of carbonyl (C=O) groups is 1. The molecule has 0 aliphatic rings. The molecule has 0 saturated heterocycles. The molecule has 0 heterocycles. The molecular weight excluding hydrogens is 863 g/mol. The van der Waals surface area contributed by atoms with Crippen molar-refractivity contribution in [1.82, 2.24) is 5.32 Å². The summed E-state index contributed by atoms with van der Waals surface area (Å²) in [5, 5.41) is 44.1. The summed E-state index contributed by atoms with van der Waals surface area (Å²) in [5.74, 6) is -0.590. The van der Waals surface area contributed by atoms with E-state index in [-0.39, 0.29) is 0 Å². The van der Waals surface area contributed by atoms with Gasteiger partial charge in [0, 0.05) is 0 Å². The molecule has 0 saturated carbocycles. The predicted octanol–water partition coefficient (Wildman–Crippen LogP) is 19.0. The average molecular weight is 989 g/mol. The molecule has 416 valence electrons. The van der Waals surface area contributed by atoms with Crippen LogP contribution in [0.4, 0.5) is 0 Å². The van der Waals surface area contributed by atoms with E-state index in [2.05, 4.69) is 43.5 Å². The number of rotatable bonds is 59. The molecule has 4 unspecified atom stereocenters. The minimum Gasteiger partial charge on any atom is -0.394 e. The molecule has 6 nitrogen and oxygen atoms in total. The molecule has 0 spiro atoms. The number of carbonyl (C=O) groups excluding carboxylic acids is 1. The minimum absolute atomic E-state index is 0.365. The number of allylic oxidation sites excluding steroid dienone is 4. The number of aliphatic hydroxyl groups is 4. The average Bonchev–Trinajstić information content (AvgIpc) is 3.36. The van der Waals surface area contributed by atoms with Gasteiger partial charge in [0.05, 0.1) is 18.8 Å². The Balaban J connectivity index is 3.61. The lowest BCUT2D eigenvalue weighted by Crippen LogP contribution is -2.53. The Labute approximate surface area is 437 Å². The van der Waals surface area contributed by atoms with E-state index in [4.69, 9.17) is 0 Å². The second kappa shape index (κ2) is 58.7. The van der Waals surface area contributed by atoms with Crippen molar-refractivity contribution in [2.75, 3.05) is 6.61 Å². The Bertz CT molecular complexity index is 1060. The molecule has 0 radical (unpaired) electrons. The van der Waals surface area contributed by atoms with Crippen molar-refractivity contribution in [1.29, 1.82) is 0 Å². The van der Waals surface area contributed by atoms with E-state index in [1.807, 2.05) is 0 Å². The van der Waals surface area contributed by atoms with Gasteiger partial charge in [-0.3, -0.25) is 4.79 Å². The van der Waals surface area contributed by atoms with Crippen LogP contribution in [0.2, 0.25) is 0 Å². The first-order chi connectivity index (χ1) is 34.5. The topological polar surface area (TPSA) is 110 Å². The van der Waals surface area contributed by atoms with E-state index < -0.39 is 36.9 Å². The summed E-state index contributed by atoms with van der Waals surface area (Å²) in [6.07, 6.45) is 72.8. The largest absolute Gasteiger partial charge is 0.394 e. The molecule has 6 heteroatoms. The molecular formula is C64H125NO5. The van der Waals surface area contributed by atoms with Crippen LogP contribution < -0.4 is 5.32 Å². The van der Waals surface area contributed by atoms with Crippen LogP contribution in [0.1, 0.15) is 348 Å². The number of amides is 1. The standard InChI is InChI=1S/C64H125NO5/c1-3-5-7-9-11-13-15-17-19-21-23-25-27-29-31-33-35-37-39-41-43-45-47-49-51-53-55-57-61(67)63(69)60(59-66)65-64(70)62(68)58-56-54-52-50-48-46-44-42-40-38-36-34-32-30-28-26-24-22-20-18-16-14-12-10-8-6-4-2/h41,43,49,51,60-63,66-69H,3-40,42,44-48,50,52-59H2,1-2H3,(H,65,70)/b43-41+,51-49+. The van der Waals surface area contributed by atoms with E-state index in [9.17, 15) is 25.2 Å². The monoisotopic (exact) mass is 988 g/mol. The zero-order chi connectivity index (χ0) is 50.9. The van der Waals surface area contributed by atoms with Crippen molar-refractivity contribution in [2.24, 2.45) is 0 Å². The van der Waals surface area contributed by atoms with Gasteiger partial charge < -0.3 is 25.7 Å². The van der Waals surface area contributed by atoms with Crippen molar-refractivity contribution in [3.63, 3.8) is 0 Å². The minimum atomic E-state index is -1.29. The molecule has 70 heavy (non-hydrogen) atoms. The normalized spacial score (nSPS) is 13.7. The zero-order valence-electron chi connectivity index (χ0n) is 47.3. The molecule has 0 rings (SSSR count). The Kier molecular flexibility index (Phi) is 57.7. The van der Waals surface area contributed by atoms with Gasteiger partial charge in [0.15, 0.2) is 0 Å². The van der Waals surface area contributed by atoms with Crippen LogP contribution in [-0.2, 0) is 4.79 Å². The highest BCUT2D eigenvalue weighted by Gasteiger charge is 2.28. The summed E-state index contributed by atoms with van der Waals surface area (Å²) in [4.78, 5) is 12.6. The van der Waals surface area contributed by atoms with Crippen molar-refractivity contribution >= 4 is 5.91 Å². The van der Waals surface area contributed by atoms with E-state index in [0.717, 1.165) is 38.5 Å². The van der Waals surface area contributed by atoms with E-state index in [1.165, 1.54) is 276 Å². The zero-order valence-corrected chi connectivity index (χ0v) is 47.3. The molecule has 5 N–H and O–H groups in total. The van der Waals surface area contributed by atoms with Crippen molar-refractivity contribution in [2.45, 2.75) is 372 Å². The highest BCUT2D eigenvalue weighted by molar-refractivity contribution is 5.80. The number of hydrogen-bond acceptors (Lipinski definition) is 5. The SMILES string of the molecule is CCCCCCCCCCCCCCCCCCCC/C=C/CC/C=C/CCCC(O)C(O)C(CO)NC(=O)C(O)CCCCCCCCCCCCCCCCCCCCCCCCCCCCC. The molecule has 4 atom stereocenters. The van der Waals surface area contributed by atoms with E-state index in [0.29, 0.717) is 19.3 Å². The molecule has 0 aromatic heterocycles. The smallest absolute Gasteiger partial charge is 0.249 e. The quantitative estimate of drug-likeness (QED) is 0.0308. The Morgan fingerprint density at radius 3 is 0.900 bits per heavy atom. The Hall–Kier alpha value is -1.21. The number of aliphatic hydroxyl groups excluding tert-OH is 4. The number of unbranched alkanes of at least 4 members (excludes halogenated alkanes) is 46. The lowest BCUT2D eigenvalue weighted by atomic mass is 10.00. The van der Waals surface area contributed by atoms with Gasteiger partial charge in [0.2, 0.25) is 5.91 Å². The maximum absolute atomic E-state index is 12.6. The van der Waals surface area contributed by atoms with E-state index in [1.54, 1.807) is 0 Å². The maximum Gasteiger partial charge on any atom is 0.249 e. The third kappa shape index (κ3) is 51.7. The van der Waals surface area contributed by atoms with Crippen LogP contribution in [-0.4, -0.2) is 57.3 Å². The Morgan fingerprint density at radius 2 is 0.600 bits per heavy atom. The van der Waals surface area contributed by atoms with Gasteiger partial charge in [0.1, 0.15) is 12.2 Å². The van der Waals surface area contributed by atoms with Gasteiger partial charge in [-0.2, -0.15) is 0 Å². The second-order valence-corrected chi connectivity index (χ2v) is 22.1. The fourth-order valence-corrected chi connectivity index (χ4v) is 10.2. The predicted molar refractivity (Wildman–Crippen MR) is 307 cm³/mol. The summed E-state index contributed by atoms with van der Waals surface area (Å²) < 4.78 is 0. The third-order valence-electron chi connectivity index (χ3n) is 15.1. The highest BCUT2D eigenvalue weighted by Crippen LogP contribution is 2.19. The van der Waals surface area contributed by atoms with Gasteiger partial charge in [0.25, 0.3) is 0 Å². The van der Waals surface area contributed by atoms with Crippen LogP contribution in [0.15, 0.2) is 24.3 Å². The van der Waals surface area contributed by atoms with Crippen LogP contribution in [0.3, 0.4) is 0 Å². The summed E-state index contributed by atoms with van der Waals surface area (Å²) in [6.45, 7) is 4.09. The summed E-state index contributed by atoms with van der Waals surface area (Å²) in [7, 11) is 0. The van der Waals surface area contributed by atoms with E-state index >= 15 is 0 Å². The number of nitrogens with one attached hydrogen (secondary N) is 1. The first kappa shape index (κ1) is 68.8. The van der Waals surface area contributed by atoms with Gasteiger partial charge in [-0.05, 0) is 51.4 Å². The molecule has 0 bridgehead atoms. The maximum atomic E-state index is 12.6. The molecule has 0 aromatic rings. The molecule has 0 aliphatic carbocycles. The van der Waals surface area contributed by atoms with Crippen molar-refractivity contribution < 1.29 is 25.2 Å². The summed E-state index contributed by atoms with van der Waals surface area (Å²) in [5.41, 5.74) is 0. The summed E-state index contributed by atoms with van der Waals surface area (Å²) in [6, 6.07) is -1.01. The Morgan fingerprint density at radius 1 is 0.343 bits per heavy atom. The fraction of sp³-hybridized carbons (Fsp3) is 0.922. The lowest BCUT2D eigenvalue weighted by Gasteiger charge is -2.27. The van der Waals surface area contributed by atoms with Crippen LogP contribution in [0.5, 0.6) is 0 Å². The first-order valence-electron chi connectivity index (χ1n) is 31.7. The number of hydrogen-bond donors (Lipinski definition) is 5. The van der Waals surface area contributed by atoms with Gasteiger partial charge in [-0.15, -0.1) is 0 Å².